The van der Waals surface area contributed by atoms with Crippen LogP contribution in [-0.2, 0) is 17.9 Å². The van der Waals surface area contributed by atoms with E-state index in [1.807, 2.05) is 60.7 Å². The van der Waals surface area contributed by atoms with Crippen LogP contribution >= 0.6 is 0 Å². The second-order valence-electron chi connectivity index (χ2n) is 8.53. The lowest BCUT2D eigenvalue weighted by Gasteiger charge is -2.26. The molecule has 4 nitrogen and oxygen atoms in total. The van der Waals surface area contributed by atoms with E-state index < -0.39 is 0 Å². The number of piperidine rings is 1. The Morgan fingerprint density at radius 3 is 2.21 bits per heavy atom. The number of carbonyl (C=O) groups is 1. The van der Waals surface area contributed by atoms with Crippen molar-refractivity contribution >= 4 is 17.6 Å². The fourth-order valence-corrected chi connectivity index (χ4v) is 4.18. The Kier molecular flexibility index (Phi) is 7.94. The Labute approximate surface area is 196 Å². The third kappa shape index (κ3) is 6.56. The Morgan fingerprint density at radius 1 is 0.879 bits per heavy atom. The average molecular weight is 441 g/mol. The summed E-state index contributed by atoms with van der Waals surface area (Å²) in [7, 11) is 1.65. The molecule has 0 saturated carbocycles. The van der Waals surface area contributed by atoms with E-state index in [1.165, 1.54) is 37.9 Å². The number of hydrogen-bond acceptors (Lipinski definition) is 3. The molecule has 0 bridgehead atoms. The minimum Gasteiger partial charge on any atom is -0.497 e. The van der Waals surface area contributed by atoms with E-state index in [0.717, 1.165) is 29.0 Å². The summed E-state index contributed by atoms with van der Waals surface area (Å²) in [6, 6.07) is 26.1. The molecule has 1 N–H and O–H groups in total. The van der Waals surface area contributed by atoms with Gasteiger partial charge in [0, 0.05) is 18.7 Å². The van der Waals surface area contributed by atoms with E-state index in [0.29, 0.717) is 12.1 Å². The first kappa shape index (κ1) is 22.8. The maximum Gasteiger partial charge on any atom is 0.252 e. The molecule has 4 heteroatoms. The summed E-state index contributed by atoms with van der Waals surface area (Å²) in [5.74, 6) is 0.705. The average Bonchev–Trinajstić information content (AvgIpc) is 2.88. The third-order valence-corrected chi connectivity index (χ3v) is 6.09. The molecule has 4 rings (SSSR count). The van der Waals surface area contributed by atoms with E-state index in [2.05, 4.69) is 34.5 Å². The Balaban J connectivity index is 1.42. The van der Waals surface area contributed by atoms with Crippen molar-refractivity contribution in [2.24, 2.45) is 0 Å². The molecule has 0 atom stereocenters. The van der Waals surface area contributed by atoms with Crippen molar-refractivity contribution in [2.45, 2.75) is 32.4 Å². The summed E-state index contributed by atoms with van der Waals surface area (Å²) < 4.78 is 5.24. The van der Waals surface area contributed by atoms with Crippen molar-refractivity contribution in [3.63, 3.8) is 0 Å². The van der Waals surface area contributed by atoms with Crippen LogP contribution < -0.4 is 10.1 Å². The highest BCUT2D eigenvalue weighted by Gasteiger charge is 2.13. The van der Waals surface area contributed by atoms with Gasteiger partial charge in [-0.15, -0.1) is 0 Å². The summed E-state index contributed by atoms with van der Waals surface area (Å²) in [4.78, 5) is 15.7. The summed E-state index contributed by atoms with van der Waals surface area (Å²) >= 11 is 0. The Bertz CT molecular complexity index is 1050. The van der Waals surface area contributed by atoms with Crippen molar-refractivity contribution in [1.29, 1.82) is 0 Å². The zero-order valence-electron chi connectivity index (χ0n) is 19.3. The molecule has 1 aliphatic rings. The lowest BCUT2D eigenvalue weighted by Crippen LogP contribution is -2.29. The van der Waals surface area contributed by atoms with Crippen LogP contribution in [0.4, 0.5) is 0 Å². The third-order valence-electron chi connectivity index (χ3n) is 6.09. The summed E-state index contributed by atoms with van der Waals surface area (Å²) in [6.45, 7) is 3.90. The molecule has 0 unspecified atom stereocenters. The van der Waals surface area contributed by atoms with Crippen LogP contribution in [0.5, 0.6) is 5.75 Å². The molecule has 1 saturated heterocycles. The van der Waals surface area contributed by atoms with Gasteiger partial charge in [0.05, 0.1) is 7.11 Å². The molecular formula is C29H32N2O2. The lowest BCUT2D eigenvalue weighted by molar-refractivity contribution is -0.115. The van der Waals surface area contributed by atoms with Gasteiger partial charge in [-0.05, 0) is 66.4 Å². The van der Waals surface area contributed by atoms with Crippen LogP contribution in [0.2, 0.25) is 0 Å². The second kappa shape index (κ2) is 11.5. The highest BCUT2D eigenvalue weighted by Crippen LogP contribution is 2.21. The standard InChI is InChI=1S/C29H32N2O2/c1-33-27-16-14-23(15-17-27)20-28(26-8-4-2-5-9-26)29(32)30-21-24-10-12-25(13-11-24)22-31-18-6-3-7-19-31/h2,4-5,8-17,20H,3,6-7,18-19,21-22H2,1H3,(H,30,32)/b28-20+. The predicted molar refractivity (Wildman–Crippen MR) is 135 cm³/mol. The van der Waals surface area contributed by atoms with Gasteiger partial charge in [0.15, 0.2) is 0 Å². The largest absolute Gasteiger partial charge is 0.497 e. The first-order chi connectivity index (χ1) is 16.2. The van der Waals surface area contributed by atoms with Gasteiger partial charge in [-0.2, -0.15) is 0 Å². The van der Waals surface area contributed by atoms with Gasteiger partial charge in [0.1, 0.15) is 5.75 Å². The molecule has 0 spiro atoms. The number of methoxy groups -OCH3 is 1. The van der Waals surface area contributed by atoms with Gasteiger partial charge >= 0.3 is 0 Å². The molecule has 170 valence electrons. The topological polar surface area (TPSA) is 41.6 Å². The van der Waals surface area contributed by atoms with E-state index in [9.17, 15) is 4.79 Å². The van der Waals surface area contributed by atoms with Gasteiger partial charge in [0.2, 0.25) is 0 Å². The van der Waals surface area contributed by atoms with Crippen molar-refractivity contribution < 1.29 is 9.53 Å². The fraction of sp³-hybridized carbons (Fsp3) is 0.276. The van der Waals surface area contributed by atoms with Crippen LogP contribution in [0.1, 0.15) is 41.5 Å². The first-order valence-electron chi connectivity index (χ1n) is 11.7. The van der Waals surface area contributed by atoms with Gasteiger partial charge in [-0.3, -0.25) is 9.69 Å². The van der Waals surface area contributed by atoms with E-state index in [4.69, 9.17) is 4.74 Å². The Hall–Kier alpha value is -3.37. The van der Waals surface area contributed by atoms with E-state index >= 15 is 0 Å². The maximum absolute atomic E-state index is 13.2. The number of likely N-dealkylation sites (tertiary alicyclic amines) is 1. The molecule has 1 aliphatic heterocycles. The molecular weight excluding hydrogens is 408 g/mol. The van der Waals surface area contributed by atoms with Crippen LogP contribution in [0.3, 0.4) is 0 Å². The van der Waals surface area contributed by atoms with Gasteiger partial charge in [0.25, 0.3) is 5.91 Å². The summed E-state index contributed by atoms with van der Waals surface area (Å²) in [6.07, 6.45) is 5.88. The number of benzene rings is 3. The number of nitrogens with one attached hydrogen (secondary N) is 1. The van der Waals surface area contributed by atoms with E-state index in [-0.39, 0.29) is 5.91 Å². The number of carbonyl (C=O) groups excluding carboxylic acids is 1. The van der Waals surface area contributed by atoms with E-state index in [1.54, 1.807) is 7.11 Å². The van der Waals surface area contributed by atoms with Gasteiger partial charge in [-0.1, -0.05) is 73.2 Å². The first-order valence-corrected chi connectivity index (χ1v) is 11.7. The van der Waals surface area contributed by atoms with Crippen molar-refractivity contribution in [3.8, 4) is 5.75 Å². The highest BCUT2D eigenvalue weighted by molar-refractivity contribution is 6.24. The normalized spacial score (nSPS) is 14.6. The van der Waals surface area contributed by atoms with Gasteiger partial charge < -0.3 is 10.1 Å². The highest BCUT2D eigenvalue weighted by atomic mass is 16.5. The zero-order valence-corrected chi connectivity index (χ0v) is 19.3. The minimum atomic E-state index is -0.0885. The summed E-state index contributed by atoms with van der Waals surface area (Å²) in [5.41, 5.74) is 4.91. The second-order valence-corrected chi connectivity index (χ2v) is 8.53. The number of nitrogens with zero attached hydrogens (tertiary/aromatic N) is 1. The van der Waals surface area contributed by atoms with Crippen molar-refractivity contribution in [2.75, 3.05) is 20.2 Å². The molecule has 1 heterocycles. The predicted octanol–water partition coefficient (Wildman–Crippen LogP) is 5.54. The number of ether oxygens (including phenoxy) is 1. The van der Waals surface area contributed by atoms with Crippen LogP contribution in [0.15, 0.2) is 78.9 Å². The number of rotatable bonds is 8. The Morgan fingerprint density at radius 2 is 1.55 bits per heavy atom. The number of amides is 1. The molecule has 0 aliphatic carbocycles. The molecule has 33 heavy (non-hydrogen) atoms. The molecule has 3 aromatic rings. The molecule has 0 radical (unpaired) electrons. The van der Waals surface area contributed by atoms with Gasteiger partial charge in [-0.25, -0.2) is 0 Å². The lowest BCUT2D eigenvalue weighted by atomic mass is 10.0. The maximum atomic E-state index is 13.2. The zero-order chi connectivity index (χ0) is 22.9. The fourth-order valence-electron chi connectivity index (χ4n) is 4.18. The minimum absolute atomic E-state index is 0.0885. The smallest absolute Gasteiger partial charge is 0.252 e. The monoisotopic (exact) mass is 440 g/mol. The molecule has 1 amide bonds. The SMILES string of the molecule is COc1ccc(/C=C(/C(=O)NCc2ccc(CN3CCCCC3)cc2)c2ccccc2)cc1. The number of hydrogen-bond donors (Lipinski definition) is 1. The van der Waals surface area contributed by atoms with Crippen LogP contribution in [0, 0.1) is 0 Å². The molecule has 0 aromatic heterocycles. The van der Waals surface area contributed by atoms with Crippen LogP contribution in [0.25, 0.3) is 11.6 Å². The molecule has 3 aromatic carbocycles. The summed E-state index contributed by atoms with van der Waals surface area (Å²) in [5, 5.41) is 3.10. The van der Waals surface area contributed by atoms with Crippen molar-refractivity contribution in [1.82, 2.24) is 10.2 Å². The molecule has 1 fully saturated rings. The quantitative estimate of drug-likeness (QED) is 0.369. The van der Waals surface area contributed by atoms with Crippen molar-refractivity contribution in [3.05, 3.63) is 101 Å². The van der Waals surface area contributed by atoms with Crippen LogP contribution in [-0.4, -0.2) is 31.0 Å².